The predicted octanol–water partition coefficient (Wildman–Crippen LogP) is 1.38. The summed E-state index contributed by atoms with van der Waals surface area (Å²) in [5.74, 6) is 0. The zero-order valence-corrected chi connectivity index (χ0v) is 12.6. The van der Waals surface area contributed by atoms with Crippen molar-refractivity contribution in [3.8, 4) is 11.1 Å². The van der Waals surface area contributed by atoms with Crippen LogP contribution in [-0.4, -0.2) is 59.4 Å². The Morgan fingerprint density at radius 1 is 1.00 bits per heavy atom. The van der Waals surface area contributed by atoms with Gasteiger partial charge in [0.25, 0.3) is 0 Å². The van der Waals surface area contributed by atoms with Crippen LogP contribution in [0.2, 0.25) is 0 Å². The first kappa shape index (κ1) is 14.1. The molecule has 5 heteroatoms. The van der Waals surface area contributed by atoms with Gasteiger partial charge in [-0.25, -0.2) is 0 Å². The molecule has 0 unspecified atom stereocenters. The van der Waals surface area contributed by atoms with E-state index in [1.807, 2.05) is 35.1 Å². The van der Waals surface area contributed by atoms with E-state index in [4.69, 9.17) is 5.73 Å². The molecule has 3 rings (SSSR count). The van der Waals surface area contributed by atoms with Gasteiger partial charge in [-0.2, -0.15) is 5.10 Å². The Kier molecular flexibility index (Phi) is 4.22. The molecule has 0 amide bonds. The standard InChI is InChI=1S/C16H23N5/c1-19-6-8-20(9-7-19)10-11-21-13-15(12-18-21)14-2-4-16(17)5-3-14/h2-5,12-13H,6-11,17H2,1H3. The molecule has 1 aliphatic rings. The quantitative estimate of drug-likeness (QED) is 0.862. The highest BCUT2D eigenvalue weighted by atomic mass is 15.3. The molecule has 1 saturated heterocycles. The van der Waals surface area contributed by atoms with Crippen LogP contribution in [0, 0.1) is 0 Å². The van der Waals surface area contributed by atoms with Crippen molar-refractivity contribution in [1.82, 2.24) is 19.6 Å². The molecule has 1 aromatic heterocycles. The lowest BCUT2D eigenvalue weighted by atomic mass is 10.1. The summed E-state index contributed by atoms with van der Waals surface area (Å²) in [6.45, 7) is 6.64. The second-order valence-corrected chi connectivity index (χ2v) is 5.76. The molecular formula is C16H23N5. The first-order chi connectivity index (χ1) is 10.2. The van der Waals surface area contributed by atoms with Gasteiger partial charge in [0.05, 0.1) is 12.7 Å². The van der Waals surface area contributed by atoms with E-state index in [1.54, 1.807) is 0 Å². The Hall–Kier alpha value is -1.85. The molecule has 1 aromatic carbocycles. The number of nitrogens with zero attached hydrogens (tertiary/aromatic N) is 4. The van der Waals surface area contributed by atoms with Crippen molar-refractivity contribution in [1.29, 1.82) is 0 Å². The fourth-order valence-electron chi connectivity index (χ4n) is 2.63. The second kappa shape index (κ2) is 6.28. The molecule has 112 valence electrons. The van der Waals surface area contributed by atoms with Gasteiger partial charge in [-0.05, 0) is 24.7 Å². The number of nitrogens with two attached hydrogens (primary N) is 1. The van der Waals surface area contributed by atoms with Crippen molar-refractivity contribution in [3.05, 3.63) is 36.7 Å². The maximum Gasteiger partial charge on any atom is 0.0568 e. The minimum atomic E-state index is 0.793. The molecule has 2 N–H and O–H groups in total. The number of rotatable bonds is 4. The zero-order chi connectivity index (χ0) is 14.7. The molecule has 0 aliphatic carbocycles. The largest absolute Gasteiger partial charge is 0.399 e. The number of hydrogen-bond acceptors (Lipinski definition) is 4. The summed E-state index contributed by atoms with van der Waals surface area (Å²) in [5, 5.41) is 4.46. The summed E-state index contributed by atoms with van der Waals surface area (Å²) in [4.78, 5) is 4.88. The summed E-state index contributed by atoms with van der Waals surface area (Å²) >= 11 is 0. The van der Waals surface area contributed by atoms with Gasteiger partial charge in [0.1, 0.15) is 0 Å². The summed E-state index contributed by atoms with van der Waals surface area (Å²) in [7, 11) is 2.18. The van der Waals surface area contributed by atoms with Gasteiger partial charge in [0.15, 0.2) is 0 Å². The maximum atomic E-state index is 5.72. The number of hydrogen-bond donors (Lipinski definition) is 1. The SMILES string of the molecule is CN1CCN(CCn2cc(-c3ccc(N)cc3)cn2)CC1. The van der Waals surface area contributed by atoms with Gasteiger partial charge in [-0.1, -0.05) is 12.1 Å². The van der Waals surface area contributed by atoms with Crippen LogP contribution in [0.3, 0.4) is 0 Å². The zero-order valence-electron chi connectivity index (χ0n) is 12.6. The third-order valence-corrected chi connectivity index (χ3v) is 4.12. The highest BCUT2D eigenvalue weighted by molar-refractivity contribution is 5.63. The highest BCUT2D eigenvalue weighted by Crippen LogP contribution is 2.19. The Balaban J connectivity index is 1.56. The average molecular weight is 285 g/mol. The number of anilines is 1. The van der Waals surface area contributed by atoms with Gasteiger partial charge in [-0.3, -0.25) is 9.58 Å². The number of piperazine rings is 1. The van der Waals surface area contributed by atoms with Gasteiger partial charge in [-0.15, -0.1) is 0 Å². The third-order valence-electron chi connectivity index (χ3n) is 4.12. The molecule has 0 saturated carbocycles. The monoisotopic (exact) mass is 285 g/mol. The molecule has 1 fully saturated rings. The fraction of sp³-hybridized carbons (Fsp3) is 0.438. The van der Waals surface area contributed by atoms with E-state index in [0.29, 0.717) is 0 Å². The van der Waals surface area contributed by atoms with Crippen molar-refractivity contribution in [2.45, 2.75) is 6.54 Å². The number of benzene rings is 1. The molecule has 1 aliphatic heterocycles. The molecule has 5 nitrogen and oxygen atoms in total. The normalized spacial score (nSPS) is 17.2. The topological polar surface area (TPSA) is 50.3 Å². The molecule has 21 heavy (non-hydrogen) atoms. The lowest BCUT2D eigenvalue weighted by Gasteiger charge is -2.32. The summed E-state index contributed by atoms with van der Waals surface area (Å²) < 4.78 is 2.03. The third kappa shape index (κ3) is 3.62. The second-order valence-electron chi connectivity index (χ2n) is 5.76. The molecule has 0 radical (unpaired) electrons. The smallest absolute Gasteiger partial charge is 0.0568 e. The van der Waals surface area contributed by atoms with Crippen molar-refractivity contribution in [2.24, 2.45) is 0 Å². The summed E-state index contributed by atoms with van der Waals surface area (Å²) in [5.41, 5.74) is 8.82. The van der Waals surface area contributed by atoms with Gasteiger partial charge >= 0.3 is 0 Å². The first-order valence-electron chi connectivity index (χ1n) is 7.50. The van der Waals surface area contributed by atoms with Crippen LogP contribution in [-0.2, 0) is 6.54 Å². The highest BCUT2D eigenvalue weighted by Gasteiger charge is 2.13. The maximum absolute atomic E-state index is 5.72. The van der Waals surface area contributed by atoms with Crippen LogP contribution in [0.1, 0.15) is 0 Å². The van der Waals surface area contributed by atoms with E-state index in [2.05, 4.69) is 28.1 Å². The Labute approximate surface area is 126 Å². The molecule has 0 spiro atoms. The van der Waals surface area contributed by atoms with E-state index in [0.717, 1.165) is 56.1 Å². The van der Waals surface area contributed by atoms with Crippen LogP contribution >= 0.6 is 0 Å². The van der Waals surface area contributed by atoms with Crippen molar-refractivity contribution >= 4 is 5.69 Å². The number of likely N-dealkylation sites (N-methyl/N-ethyl adjacent to an activating group) is 1. The lowest BCUT2D eigenvalue weighted by molar-refractivity contribution is 0.149. The Morgan fingerprint density at radius 2 is 1.71 bits per heavy atom. The van der Waals surface area contributed by atoms with Crippen molar-refractivity contribution in [3.63, 3.8) is 0 Å². The van der Waals surface area contributed by atoms with E-state index < -0.39 is 0 Å². The molecule has 2 aromatic rings. The van der Waals surface area contributed by atoms with Crippen molar-refractivity contribution in [2.75, 3.05) is 45.5 Å². The molecule has 0 bridgehead atoms. The fourth-order valence-corrected chi connectivity index (χ4v) is 2.63. The summed E-state index contributed by atoms with van der Waals surface area (Å²) in [6.07, 6.45) is 4.04. The van der Waals surface area contributed by atoms with Gasteiger partial charge in [0.2, 0.25) is 0 Å². The average Bonchev–Trinajstić information content (AvgIpc) is 2.96. The lowest BCUT2D eigenvalue weighted by Crippen LogP contribution is -2.45. The van der Waals surface area contributed by atoms with Crippen LogP contribution in [0.15, 0.2) is 36.7 Å². The molecule has 0 atom stereocenters. The van der Waals surface area contributed by atoms with Crippen molar-refractivity contribution < 1.29 is 0 Å². The van der Waals surface area contributed by atoms with Crippen LogP contribution < -0.4 is 5.73 Å². The minimum absolute atomic E-state index is 0.793. The van der Waals surface area contributed by atoms with Gasteiger partial charge in [0, 0.05) is 50.2 Å². The minimum Gasteiger partial charge on any atom is -0.399 e. The first-order valence-corrected chi connectivity index (χ1v) is 7.50. The Morgan fingerprint density at radius 3 is 2.43 bits per heavy atom. The van der Waals surface area contributed by atoms with Crippen LogP contribution in [0.4, 0.5) is 5.69 Å². The Bertz CT molecular complexity index is 567. The van der Waals surface area contributed by atoms with E-state index >= 15 is 0 Å². The van der Waals surface area contributed by atoms with Crippen LogP contribution in [0.5, 0.6) is 0 Å². The van der Waals surface area contributed by atoms with E-state index in [9.17, 15) is 0 Å². The predicted molar refractivity (Wildman–Crippen MR) is 86.0 cm³/mol. The summed E-state index contributed by atoms with van der Waals surface area (Å²) in [6, 6.07) is 7.93. The van der Waals surface area contributed by atoms with E-state index in [1.165, 1.54) is 0 Å². The molecule has 2 heterocycles. The number of nitrogen functional groups attached to an aromatic ring is 1. The van der Waals surface area contributed by atoms with Gasteiger partial charge < -0.3 is 10.6 Å². The molecular weight excluding hydrogens is 262 g/mol. The van der Waals surface area contributed by atoms with Crippen LogP contribution in [0.25, 0.3) is 11.1 Å². The number of aromatic nitrogens is 2. The van der Waals surface area contributed by atoms with E-state index in [-0.39, 0.29) is 0 Å².